The Morgan fingerprint density at radius 3 is 2.92 bits per heavy atom. The van der Waals surface area contributed by atoms with Crippen LogP contribution in [0.2, 0.25) is 0 Å². The molecule has 2 aliphatic rings. The molecule has 3 unspecified atom stereocenters. The number of hydrogen-bond acceptors (Lipinski definition) is 2. The lowest BCUT2D eigenvalue weighted by Gasteiger charge is -2.18. The Hall–Kier alpha value is -0.630. The average molecular weight is 179 g/mol. The fourth-order valence-corrected chi connectivity index (χ4v) is 2.61. The highest BCUT2D eigenvalue weighted by atomic mass is 16.1. The molecule has 13 heavy (non-hydrogen) atoms. The molecule has 0 aromatic carbocycles. The molecule has 2 aliphatic heterocycles. The van der Waals surface area contributed by atoms with Gasteiger partial charge in [-0.25, -0.2) is 0 Å². The third kappa shape index (κ3) is 1.68. The van der Waals surface area contributed by atoms with Gasteiger partial charge in [0.05, 0.1) is 0 Å². The second-order valence-corrected chi connectivity index (χ2v) is 4.18. The highest BCUT2D eigenvalue weighted by Gasteiger charge is 2.41. The maximum absolute atomic E-state index is 11.7. The number of rotatable bonds is 4. The molecule has 0 aromatic rings. The largest absolute Gasteiger partial charge is 0.310 e. The van der Waals surface area contributed by atoms with Gasteiger partial charge < -0.3 is 5.32 Å². The topological polar surface area (TPSA) is 29.1 Å². The van der Waals surface area contributed by atoms with Crippen LogP contribution >= 0.6 is 0 Å². The zero-order valence-electron chi connectivity index (χ0n) is 7.96. The molecule has 0 aromatic heterocycles. The van der Waals surface area contributed by atoms with Gasteiger partial charge in [-0.3, -0.25) is 4.79 Å². The molecule has 0 aliphatic carbocycles. The van der Waals surface area contributed by atoms with Crippen molar-refractivity contribution in [3.63, 3.8) is 0 Å². The lowest BCUT2D eigenvalue weighted by atomic mass is 9.85. The molecule has 3 atom stereocenters. The Kier molecular flexibility index (Phi) is 2.49. The lowest BCUT2D eigenvalue weighted by molar-refractivity contribution is -0.123. The van der Waals surface area contributed by atoms with E-state index >= 15 is 0 Å². The van der Waals surface area contributed by atoms with Crippen molar-refractivity contribution >= 4 is 5.78 Å². The van der Waals surface area contributed by atoms with Crippen LogP contribution < -0.4 is 5.32 Å². The van der Waals surface area contributed by atoms with Crippen molar-refractivity contribution in [2.75, 3.05) is 0 Å². The average Bonchev–Trinajstić information content (AvgIpc) is 2.74. The van der Waals surface area contributed by atoms with Gasteiger partial charge >= 0.3 is 0 Å². The molecule has 0 amide bonds. The quantitative estimate of drug-likeness (QED) is 0.665. The van der Waals surface area contributed by atoms with Gasteiger partial charge in [-0.15, -0.1) is 6.58 Å². The van der Waals surface area contributed by atoms with Crippen LogP contribution in [0.15, 0.2) is 12.7 Å². The number of ketones is 1. The maximum atomic E-state index is 11.7. The zero-order valence-corrected chi connectivity index (χ0v) is 7.96. The highest BCUT2D eigenvalue weighted by Crippen LogP contribution is 2.34. The van der Waals surface area contributed by atoms with Gasteiger partial charge in [0.1, 0.15) is 5.78 Å². The molecule has 0 radical (unpaired) electrons. The van der Waals surface area contributed by atoms with E-state index in [1.54, 1.807) is 0 Å². The predicted octanol–water partition coefficient (Wildman–Crippen LogP) is 1.66. The Morgan fingerprint density at radius 1 is 1.54 bits per heavy atom. The van der Waals surface area contributed by atoms with E-state index in [1.807, 2.05) is 6.08 Å². The Bertz CT molecular complexity index is 224. The number of nitrogens with one attached hydrogen (secondary N) is 1. The van der Waals surface area contributed by atoms with Crippen LogP contribution in [-0.2, 0) is 4.79 Å². The van der Waals surface area contributed by atoms with E-state index in [9.17, 15) is 4.79 Å². The first kappa shape index (κ1) is 8.95. The van der Waals surface area contributed by atoms with Crippen LogP contribution in [-0.4, -0.2) is 17.9 Å². The summed E-state index contributed by atoms with van der Waals surface area (Å²) in [5.74, 6) is 0.762. The first-order valence-electron chi connectivity index (χ1n) is 5.21. The van der Waals surface area contributed by atoms with Crippen LogP contribution in [0.4, 0.5) is 0 Å². The Labute approximate surface area is 79.4 Å². The molecule has 0 spiro atoms. The van der Waals surface area contributed by atoms with E-state index in [4.69, 9.17) is 0 Å². The van der Waals surface area contributed by atoms with Crippen LogP contribution in [0.25, 0.3) is 0 Å². The third-order valence-corrected chi connectivity index (χ3v) is 3.31. The molecule has 2 nitrogen and oxygen atoms in total. The summed E-state index contributed by atoms with van der Waals surface area (Å²) >= 11 is 0. The molecule has 0 saturated carbocycles. The standard InChI is InChI=1S/C11H17NO/c1-2-3-4-11(13)9-7-8-5-6-10(9)12-8/h2,8-10,12H,1,3-7H2. The van der Waals surface area contributed by atoms with Crippen LogP contribution in [0.5, 0.6) is 0 Å². The van der Waals surface area contributed by atoms with E-state index in [2.05, 4.69) is 11.9 Å². The number of fused-ring (bicyclic) bond motifs is 2. The van der Waals surface area contributed by atoms with Gasteiger partial charge in [0, 0.05) is 24.4 Å². The summed E-state index contributed by atoms with van der Waals surface area (Å²) in [4.78, 5) is 11.7. The van der Waals surface area contributed by atoms with E-state index < -0.39 is 0 Å². The summed E-state index contributed by atoms with van der Waals surface area (Å²) in [7, 11) is 0. The van der Waals surface area contributed by atoms with Gasteiger partial charge in [0.2, 0.25) is 0 Å². The Balaban J connectivity index is 1.87. The molecule has 2 heterocycles. The summed E-state index contributed by atoms with van der Waals surface area (Å²) in [6.07, 6.45) is 6.93. The molecule has 2 bridgehead atoms. The van der Waals surface area contributed by atoms with Crippen molar-refractivity contribution in [1.29, 1.82) is 0 Å². The number of allylic oxidation sites excluding steroid dienone is 1. The number of carbonyl (C=O) groups excluding carboxylic acids is 1. The molecule has 2 fully saturated rings. The second-order valence-electron chi connectivity index (χ2n) is 4.18. The SMILES string of the molecule is C=CCCC(=O)C1CC2CCC1N2. The van der Waals surface area contributed by atoms with Crippen molar-refractivity contribution in [3.05, 3.63) is 12.7 Å². The van der Waals surface area contributed by atoms with Gasteiger partial charge in [0.15, 0.2) is 0 Å². The number of Topliss-reactive ketones (excluding diaryl/α,β-unsaturated/α-hetero) is 1. The van der Waals surface area contributed by atoms with E-state index in [0.717, 1.165) is 12.8 Å². The smallest absolute Gasteiger partial charge is 0.137 e. The van der Waals surface area contributed by atoms with Crippen molar-refractivity contribution in [2.45, 2.75) is 44.2 Å². The van der Waals surface area contributed by atoms with Crippen LogP contribution in [0.1, 0.15) is 32.1 Å². The Morgan fingerprint density at radius 2 is 2.38 bits per heavy atom. The van der Waals surface area contributed by atoms with E-state index in [-0.39, 0.29) is 0 Å². The first-order valence-corrected chi connectivity index (χ1v) is 5.21. The van der Waals surface area contributed by atoms with Crippen LogP contribution in [0, 0.1) is 5.92 Å². The highest BCUT2D eigenvalue weighted by molar-refractivity contribution is 5.82. The third-order valence-electron chi connectivity index (χ3n) is 3.31. The zero-order chi connectivity index (χ0) is 9.26. The predicted molar refractivity (Wildman–Crippen MR) is 52.5 cm³/mol. The van der Waals surface area contributed by atoms with Crippen molar-refractivity contribution in [2.24, 2.45) is 5.92 Å². The molecule has 2 heteroatoms. The summed E-state index contributed by atoms with van der Waals surface area (Å²) in [6, 6.07) is 1.14. The molecule has 72 valence electrons. The summed E-state index contributed by atoms with van der Waals surface area (Å²) < 4.78 is 0. The molecule has 2 saturated heterocycles. The van der Waals surface area contributed by atoms with Crippen molar-refractivity contribution in [1.82, 2.24) is 5.32 Å². The lowest BCUT2D eigenvalue weighted by Crippen LogP contribution is -2.28. The number of hydrogen-bond donors (Lipinski definition) is 1. The summed E-state index contributed by atoms with van der Waals surface area (Å²) in [5.41, 5.74) is 0. The fourth-order valence-electron chi connectivity index (χ4n) is 2.61. The second kappa shape index (κ2) is 3.62. The van der Waals surface area contributed by atoms with Gasteiger partial charge in [-0.05, 0) is 25.7 Å². The van der Waals surface area contributed by atoms with Crippen LogP contribution in [0.3, 0.4) is 0 Å². The summed E-state index contributed by atoms with van der Waals surface area (Å²) in [6.45, 7) is 3.64. The van der Waals surface area contributed by atoms with Crippen molar-refractivity contribution in [3.8, 4) is 0 Å². The van der Waals surface area contributed by atoms with Crippen molar-refractivity contribution < 1.29 is 4.79 Å². The molecule has 2 rings (SSSR count). The minimum atomic E-state index is 0.318. The monoisotopic (exact) mass is 179 g/mol. The fraction of sp³-hybridized carbons (Fsp3) is 0.727. The molecular weight excluding hydrogens is 162 g/mol. The summed E-state index contributed by atoms with van der Waals surface area (Å²) in [5, 5.41) is 3.49. The van der Waals surface area contributed by atoms with Gasteiger partial charge in [-0.2, -0.15) is 0 Å². The van der Waals surface area contributed by atoms with E-state index in [0.29, 0.717) is 30.2 Å². The maximum Gasteiger partial charge on any atom is 0.137 e. The minimum absolute atomic E-state index is 0.318. The normalized spacial score (nSPS) is 36.5. The molecular formula is C11H17NO. The number of carbonyl (C=O) groups is 1. The van der Waals surface area contributed by atoms with Gasteiger partial charge in [0.25, 0.3) is 0 Å². The van der Waals surface area contributed by atoms with Gasteiger partial charge in [-0.1, -0.05) is 6.08 Å². The minimum Gasteiger partial charge on any atom is -0.310 e. The molecule has 1 N–H and O–H groups in total. The van der Waals surface area contributed by atoms with E-state index in [1.165, 1.54) is 12.8 Å². The first-order chi connectivity index (χ1) is 6.31.